The fraction of sp³-hybridized carbons (Fsp3) is 0.478. The summed E-state index contributed by atoms with van der Waals surface area (Å²) in [6.45, 7) is 5.41. The van der Waals surface area contributed by atoms with Crippen LogP contribution in [0.25, 0.3) is 0 Å². The van der Waals surface area contributed by atoms with Crippen LogP contribution < -0.4 is 20.4 Å². The molecule has 1 spiro atoms. The van der Waals surface area contributed by atoms with Gasteiger partial charge in [-0.2, -0.15) is 0 Å². The lowest BCUT2D eigenvalue weighted by atomic mass is 9.78. The van der Waals surface area contributed by atoms with E-state index in [-0.39, 0.29) is 23.5 Å². The molecule has 0 aliphatic carbocycles. The van der Waals surface area contributed by atoms with Gasteiger partial charge in [0, 0.05) is 13.1 Å². The van der Waals surface area contributed by atoms with Gasteiger partial charge < -0.3 is 24.1 Å². The van der Waals surface area contributed by atoms with Gasteiger partial charge in [-0.3, -0.25) is 4.79 Å². The number of likely N-dealkylation sites (tertiary alicyclic amines) is 1. The fourth-order valence-electron chi connectivity index (χ4n) is 4.84. The average molecular weight is 410 g/mol. The zero-order valence-electron chi connectivity index (χ0n) is 17.1. The van der Waals surface area contributed by atoms with E-state index in [0.717, 1.165) is 32.4 Å². The Morgan fingerprint density at radius 2 is 1.93 bits per heavy atom. The molecule has 0 bridgehead atoms. The molecule has 3 aliphatic rings. The normalized spacial score (nSPS) is 22.3. The minimum absolute atomic E-state index is 0.127. The zero-order valence-corrected chi connectivity index (χ0v) is 17.1. The summed E-state index contributed by atoms with van der Waals surface area (Å²) in [5, 5.41) is 3.38. The second kappa shape index (κ2) is 7.47. The Labute approximate surface area is 175 Å². The summed E-state index contributed by atoms with van der Waals surface area (Å²) < 4.78 is 17.2. The van der Waals surface area contributed by atoms with Crippen LogP contribution in [-0.4, -0.2) is 43.6 Å². The number of carbonyl (C=O) groups is 1. The standard InChI is InChI=1S/C23H26N2O5/c1-15-12-18(19-13-28-16-4-2-3-5-17(16)29-19)30-22(27)20(15)21(26)25-11-8-23(14-25)6-9-24-10-7-23/h2-5,12,19,24H,6-11,13-14H2,1H3. The lowest BCUT2D eigenvalue weighted by Crippen LogP contribution is -2.40. The lowest BCUT2D eigenvalue weighted by Gasteiger charge is -2.33. The molecule has 0 radical (unpaired) electrons. The number of hydrogen-bond acceptors (Lipinski definition) is 6. The van der Waals surface area contributed by atoms with E-state index in [0.29, 0.717) is 35.9 Å². The number of nitrogens with one attached hydrogen (secondary N) is 1. The molecule has 2 saturated heterocycles. The van der Waals surface area contributed by atoms with Crippen molar-refractivity contribution >= 4 is 5.91 Å². The smallest absolute Gasteiger partial charge is 0.349 e. The van der Waals surface area contributed by atoms with E-state index in [2.05, 4.69) is 5.32 Å². The summed E-state index contributed by atoms with van der Waals surface area (Å²) in [6.07, 6.45) is 2.61. The number of nitrogens with zero attached hydrogens (tertiary/aromatic N) is 1. The molecule has 2 aromatic rings. The maximum atomic E-state index is 13.2. The number of para-hydroxylation sites is 2. The first-order valence-corrected chi connectivity index (χ1v) is 10.6. The summed E-state index contributed by atoms with van der Waals surface area (Å²) in [7, 11) is 0. The number of fused-ring (bicyclic) bond motifs is 1. The van der Waals surface area contributed by atoms with E-state index < -0.39 is 11.7 Å². The maximum absolute atomic E-state index is 13.2. The molecule has 1 amide bonds. The van der Waals surface area contributed by atoms with Gasteiger partial charge >= 0.3 is 5.63 Å². The van der Waals surface area contributed by atoms with Gasteiger partial charge in [0.2, 0.25) is 0 Å². The summed E-state index contributed by atoms with van der Waals surface area (Å²) in [6, 6.07) is 9.11. The third-order valence-electron chi connectivity index (χ3n) is 6.60. The first-order chi connectivity index (χ1) is 14.5. The van der Waals surface area contributed by atoms with Crippen LogP contribution in [0.3, 0.4) is 0 Å². The van der Waals surface area contributed by atoms with Gasteiger partial charge in [0.05, 0.1) is 0 Å². The molecule has 1 aromatic heterocycles. The van der Waals surface area contributed by atoms with Crippen molar-refractivity contribution in [2.45, 2.75) is 32.3 Å². The summed E-state index contributed by atoms with van der Waals surface area (Å²) >= 11 is 0. The molecular formula is C23H26N2O5. The molecule has 2 fully saturated rings. The topological polar surface area (TPSA) is 81.0 Å². The molecule has 1 atom stereocenters. The summed E-state index contributed by atoms with van der Waals surface area (Å²) in [5.41, 5.74) is 0.320. The predicted octanol–water partition coefficient (Wildman–Crippen LogP) is 2.68. The first-order valence-electron chi connectivity index (χ1n) is 10.6. The predicted molar refractivity (Wildman–Crippen MR) is 110 cm³/mol. The summed E-state index contributed by atoms with van der Waals surface area (Å²) in [5.74, 6) is 1.42. The third kappa shape index (κ3) is 3.37. The van der Waals surface area contributed by atoms with Crippen LogP contribution in [-0.2, 0) is 0 Å². The molecule has 5 rings (SSSR count). The minimum Gasteiger partial charge on any atom is -0.485 e. The van der Waals surface area contributed by atoms with Crippen molar-refractivity contribution in [3.8, 4) is 11.5 Å². The minimum atomic E-state index is -0.608. The fourth-order valence-corrected chi connectivity index (χ4v) is 4.84. The second-order valence-corrected chi connectivity index (χ2v) is 8.59. The molecule has 1 N–H and O–H groups in total. The van der Waals surface area contributed by atoms with Crippen molar-refractivity contribution in [1.29, 1.82) is 0 Å². The van der Waals surface area contributed by atoms with Gasteiger partial charge in [0.15, 0.2) is 23.4 Å². The number of aryl methyl sites for hydroxylation is 1. The van der Waals surface area contributed by atoms with E-state index >= 15 is 0 Å². The molecule has 7 heteroatoms. The van der Waals surface area contributed by atoms with Crippen LogP contribution in [0.4, 0.5) is 0 Å². The Kier molecular flexibility index (Phi) is 4.77. The molecule has 30 heavy (non-hydrogen) atoms. The summed E-state index contributed by atoms with van der Waals surface area (Å²) in [4.78, 5) is 27.8. The second-order valence-electron chi connectivity index (χ2n) is 8.59. The monoisotopic (exact) mass is 410 g/mol. The highest BCUT2D eigenvalue weighted by atomic mass is 16.6. The Balaban J connectivity index is 1.36. The number of hydrogen-bond donors (Lipinski definition) is 1. The Hall–Kier alpha value is -2.80. The quantitative estimate of drug-likeness (QED) is 0.820. The van der Waals surface area contributed by atoms with Gasteiger partial charge in [0.1, 0.15) is 12.2 Å². The largest absolute Gasteiger partial charge is 0.485 e. The molecule has 7 nitrogen and oxygen atoms in total. The third-order valence-corrected chi connectivity index (χ3v) is 6.60. The molecule has 4 heterocycles. The van der Waals surface area contributed by atoms with Crippen molar-refractivity contribution in [2.24, 2.45) is 5.41 Å². The van der Waals surface area contributed by atoms with Crippen molar-refractivity contribution < 1.29 is 18.7 Å². The van der Waals surface area contributed by atoms with Crippen molar-refractivity contribution in [3.05, 3.63) is 57.6 Å². The molecule has 158 valence electrons. The van der Waals surface area contributed by atoms with Crippen molar-refractivity contribution in [3.63, 3.8) is 0 Å². The molecule has 0 saturated carbocycles. The Morgan fingerprint density at radius 1 is 1.17 bits per heavy atom. The van der Waals surface area contributed by atoms with Crippen molar-refractivity contribution in [1.82, 2.24) is 10.2 Å². The van der Waals surface area contributed by atoms with Crippen LogP contribution >= 0.6 is 0 Å². The van der Waals surface area contributed by atoms with E-state index in [4.69, 9.17) is 13.9 Å². The van der Waals surface area contributed by atoms with E-state index in [1.54, 1.807) is 13.0 Å². The number of amides is 1. The molecule has 1 unspecified atom stereocenters. The molecule has 3 aliphatic heterocycles. The maximum Gasteiger partial charge on any atom is 0.349 e. The number of carbonyl (C=O) groups excluding carboxylic acids is 1. The highest BCUT2D eigenvalue weighted by Gasteiger charge is 2.41. The van der Waals surface area contributed by atoms with Gasteiger partial charge in [-0.1, -0.05) is 12.1 Å². The van der Waals surface area contributed by atoms with Crippen LogP contribution in [0.2, 0.25) is 0 Å². The van der Waals surface area contributed by atoms with E-state index in [9.17, 15) is 9.59 Å². The first kappa shape index (κ1) is 19.2. The number of benzene rings is 1. The highest BCUT2D eigenvalue weighted by Crippen LogP contribution is 2.39. The van der Waals surface area contributed by atoms with Gasteiger partial charge in [-0.15, -0.1) is 0 Å². The Morgan fingerprint density at radius 3 is 2.70 bits per heavy atom. The number of ether oxygens (including phenoxy) is 2. The number of piperidine rings is 1. The average Bonchev–Trinajstić information content (AvgIpc) is 3.16. The van der Waals surface area contributed by atoms with Crippen LogP contribution in [0, 0.1) is 12.3 Å². The zero-order chi connectivity index (χ0) is 20.7. The Bertz CT molecular complexity index is 1020. The van der Waals surface area contributed by atoms with Crippen LogP contribution in [0.1, 0.15) is 47.0 Å². The van der Waals surface area contributed by atoms with Gasteiger partial charge in [0.25, 0.3) is 5.91 Å². The number of rotatable bonds is 2. The molecule has 1 aromatic carbocycles. The van der Waals surface area contributed by atoms with Crippen LogP contribution in [0.5, 0.6) is 11.5 Å². The molecular weight excluding hydrogens is 384 g/mol. The van der Waals surface area contributed by atoms with Crippen molar-refractivity contribution in [2.75, 3.05) is 32.8 Å². The highest BCUT2D eigenvalue weighted by molar-refractivity contribution is 5.95. The van der Waals surface area contributed by atoms with Crippen LogP contribution in [0.15, 0.2) is 39.5 Å². The SMILES string of the molecule is Cc1cc(C2COc3ccccc3O2)oc(=O)c1C(=O)N1CCC2(CCNCC2)C1. The lowest BCUT2D eigenvalue weighted by molar-refractivity contribution is 0.0702. The van der Waals surface area contributed by atoms with Gasteiger partial charge in [-0.05, 0) is 68.5 Å². The van der Waals surface area contributed by atoms with E-state index in [1.165, 1.54) is 0 Å². The van der Waals surface area contributed by atoms with Gasteiger partial charge in [-0.25, -0.2) is 4.79 Å². The van der Waals surface area contributed by atoms with E-state index in [1.807, 2.05) is 29.2 Å².